The van der Waals surface area contributed by atoms with Gasteiger partial charge in [-0.25, -0.2) is 13.4 Å². The Kier molecular flexibility index (Phi) is 6.08. The molecule has 2 N–H and O–H groups in total. The van der Waals surface area contributed by atoms with Crippen LogP contribution in [0.4, 0.5) is 11.4 Å². The van der Waals surface area contributed by atoms with Gasteiger partial charge < -0.3 is 5.32 Å². The van der Waals surface area contributed by atoms with Crippen LogP contribution in [0.15, 0.2) is 48.5 Å². The monoisotopic (exact) mass is 403 g/mol. The zero-order valence-electron chi connectivity index (χ0n) is 14.9. The Morgan fingerprint density at radius 2 is 1.74 bits per heavy atom. The molecule has 0 fully saturated rings. The molecule has 0 spiro atoms. The average Bonchev–Trinajstić information content (AvgIpc) is 3.02. The number of aryl methyl sites for hydroxylation is 1. The number of carbonyl (C=O) groups excluding carboxylic acids is 1. The lowest BCUT2D eigenvalue weighted by atomic mass is 10.2. The lowest BCUT2D eigenvalue weighted by Gasteiger charge is -2.11. The van der Waals surface area contributed by atoms with Gasteiger partial charge in [-0.2, -0.15) is 0 Å². The van der Waals surface area contributed by atoms with Crippen LogP contribution in [0.3, 0.4) is 0 Å². The summed E-state index contributed by atoms with van der Waals surface area (Å²) < 4.78 is 26.4. The van der Waals surface area contributed by atoms with Gasteiger partial charge in [0.05, 0.1) is 32.9 Å². The van der Waals surface area contributed by atoms with Gasteiger partial charge in [-0.05, 0) is 43.5 Å². The van der Waals surface area contributed by atoms with Crippen molar-refractivity contribution in [3.8, 4) is 0 Å². The molecule has 0 unspecified atom stereocenters. The Labute approximate surface area is 162 Å². The van der Waals surface area contributed by atoms with Gasteiger partial charge >= 0.3 is 0 Å². The Bertz CT molecular complexity index is 1010. The van der Waals surface area contributed by atoms with Gasteiger partial charge in [-0.1, -0.05) is 24.3 Å². The van der Waals surface area contributed by atoms with Crippen molar-refractivity contribution in [3.05, 3.63) is 53.5 Å². The Hall–Kier alpha value is -2.45. The summed E-state index contributed by atoms with van der Waals surface area (Å²) in [7, 11) is -3.41. The van der Waals surface area contributed by atoms with E-state index < -0.39 is 10.0 Å². The van der Waals surface area contributed by atoms with E-state index in [0.717, 1.165) is 36.0 Å². The lowest BCUT2D eigenvalue weighted by Crippen LogP contribution is -2.15. The highest BCUT2D eigenvalue weighted by molar-refractivity contribution is 7.92. The first-order valence-corrected chi connectivity index (χ1v) is 11.3. The number of thiazole rings is 1. The van der Waals surface area contributed by atoms with Crippen molar-refractivity contribution in [2.75, 3.05) is 16.3 Å². The standard InChI is InChI=1S/C19H21N3O3S2/c1-27(24,25)22-15-9-3-2-8-14(15)20-18(23)12-6-7-13-19-21-16-10-4-5-11-17(16)26-19/h2-5,8-11,22H,6-7,12-13H2,1H3,(H,20,23). The molecule has 0 radical (unpaired) electrons. The van der Waals surface area contributed by atoms with E-state index in [1.807, 2.05) is 18.2 Å². The normalized spacial score (nSPS) is 11.4. The number of para-hydroxylation sites is 3. The Morgan fingerprint density at radius 3 is 2.48 bits per heavy atom. The molecule has 142 valence electrons. The van der Waals surface area contributed by atoms with Crippen molar-refractivity contribution in [2.45, 2.75) is 25.7 Å². The van der Waals surface area contributed by atoms with Gasteiger partial charge in [0.2, 0.25) is 15.9 Å². The van der Waals surface area contributed by atoms with E-state index in [9.17, 15) is 13.2 Å². The van der Waals surface area contributed by atoms with Gasteiger partial charge in [-0.15, -0.1) is 11.3 Å². The summed E-state index contributed by atoms with van der Waals surface area (Å²) in [4.78, 5) is 16.8. The van der Waals surface area contributed by atoms with Gasteiger partial charge in [0.1, 0.15) is 0 Å². The molecule has 1 heterocycles. The second kappa shape index (κ2) is 8.49. The number of rotatable bonds is 8. The first-order chi connectivity index (χ1) is 12.9. The highest BCUT2D eigenvalue weighted by Crippen LogP contribution is 2.24. The number of fused-ring (bicyclic) bond motifs is 1. The molecule has 3 rings (SSSR count). The molecule has 8 heteroatoms. The predicted octanol–water partition coefficient (Wildman–Crippen LogP) is 4.02. The summed E-state index contributed by atoms with van der Waals surface area (Å²) in [6.07, 6.45) is 3.91. The second-order valence-electron chi connectivity index (χ2n) is 6.25. The van der Waals surface area contributed by atoms with Crippen LogP contribution in [0.2, 0.25) is 0 Å². The quantitative estimate of drug-likeness (QED) is 0.556. The minimum absolute atomic E-state index is 0.137. The molecule has 0 aliphatic heterocycles. The molecule has 3 aromatic rings. The van der Waals surface area contributed by atoms with Crippen molar-refractivity contribution >= 4 is 48.9 Å². The fourth-order valence-corrected chi connectivity index (χ4v) is 4.27. The number of hydrogen-bond donors (Lipinski definition) is 2. The van der Waals surface area contributed by atoms with E-state index in [0.29, 0.717) is 17.8 Å². The Balaban J connectivity index is 1.49. The van der Waals surface area contributed by atoms with Crippen molar-refractivity contribution in [1.29, 1.82) is 0 Å². The molecular formula is C19H21N3O3S2. The van der Waals surface area contributed by atoms with Crippen molar-refractivity contribution in [3.63, 3.8) is 0 Å². The average molecular weight is 404 g/mol. The molecule has 0 saturated heterocycles. The van der Waals surface area contributed by atoms with Gasteiger partial charge in [0.25, 0.3) is 0 Å². The van der Waals surface area contributed by atoms with Crippen LogP contribution in [-0.2, 0) is 21.2 Å². The molecule has 0 atom stereocenters. The topological polar surface area (TPSA) is 88.2 Å². The summed E-state index contributed by atoms with van der Waals surface area (Å²) in [5, 5.41) is 3.86. The molecule has 2 aromatic carbocycles. The van der Waals surface area contributed by atoms with Crippen molar-refractivity contribution in [2.24, 2.45) is 0 Å². The first kappa shape index (κ1) is 19.3. The number of nitrogens with zero attached hydrogens (tertiary/aromatic N) is 1. The van der Waals surface area contributed by atoms with E-state index >= 15 is 0 Å². The molecule has 0 saturated carbocycles. The zero-order valence-corrected chi connectivity index (χ0v) is 16.6. The summed E-state index contributed by atoms with van der Waals surface area (Å²) in [5.74, 6) is -0.137. The van der Waals surface area contributed by atoms with Crippen LogP contribution in [0, 0.1) is 0 Å². The largest absolute Gasteiger partial charge is 0.324 e. The minimum atomic E-state index is -3.41. The molecule has 27 heavy (non-hydrogen) atoms. The summed E-state index contributed by atoms with van der Waals surface area (Å²) in [6, 6.07) is 14.8. The highest BCUT2D eigenvalue weighted by atomic mass is 32.2. The minimum Gasteiger partial charge on any atom is -0.324 e. The van der Waals surface area contributed by atoms with E-state index in [2.05, 4.69) is 21.1 Å². The van der Waals surface area contributed by atoms with Crippen LogP contribution in [-0.4, -0.2) is 25.6 Å². The number of amides is 1. The van der Waals surface area contributed by atoms with Crippen LogP contribution in [0.25, 0.3) is 10.2 Å². The molecule has 1 amide bonds. The van der Waals surface area contributed by atoms with E-state index in [1.165, 1.54) is 4.70 Å². The highest BCUT2D eigenvalue weighted by Gasteiger charge is 2.10. The molecule has 6 nitrogen and oxygen atoms in total. The van der Waals surface area contributed by atoms with Crippen LogP contribution >= 0.6 is 11.3 Å². The third-order valence-corrected chi connectivity index (χ3v) is 5.57. The van der Waals surface area contributed by atoms with E-state index in [-0.39, 0.29) is 5.91 Å². The van der Waals surface area contributed by atoms with Gasteiger partial charge in [0.15, 0.2) is 0 Å². The smallest absolute Gasteiger partial charge is 0.229 e. The number of sulfonamides is 1. The van der Waals surface area contributed by atoms with Crippen LogP contribution in [0.5, 0.6) is 0 Å². The maximum Gasteiger partial charge on any atom is 0.229 e. The Morgan fingerprint density at radius 1 is 1.04 bits per heavy atom. The molecule has 1 aromatic heterocycles. The maximum atomic E-state index is 12.2. The number of anilines is 2. The summed E-state index contributed by atoms with van der Waals surface area (Å²) in [5.41, 5.74) is 1.84. The number of aromatic nitrogens is 1. The molecular weight excluding hydrogens is 382 g/mol. The number of benzene rings is 2. The second-order valence-corrected chi connectivity index (χ2v) is 9.11. The molecule has 0 aliphatic rings. The van der Waals surface area contributed by atoms with Crippen molar-refractivity contribution in [1.82, 2.24) is 4.98 Å². The fourth-order valence-electron chi connectivity index (χ4n) is 2.68. The maximum absolute atomic E-state index is 12.2. The third-order valence-electron chi connectivity index (χ3n) is 3.88. The lowest BCUT2D eigenvalue weighted by molar-refractivity contribution is -0.116. The molecule has 0 bridgehead atoms. The SMILES string of the molecule is CS(=O)(=O)Nc1ccccc1NC(=O)CCCCc1nc2ccccc2s1. The zero-order chi connectivity index (χ0) is 19.3. The predicted molar refractivity (Wildman–Crippen MR) is 111 cm³/mol. The summed E-state index contributed by atoms with van der Waals surface area (Å²) in [6.45, 7) is 0. The van der Waals surface area contributed by atoms with Crippen LogP contribution < -0.4 is 10.0 Å². The van der Waals surface area contributed by atoms with E-state index in [1.54, 1.807) is 35.6 Å². The van der Waals surface area contributed by atoms with Crippen molar-refractivity contribution < 1.29 is 13.2 Å². The molecule has 0 aliphatic carbocycles. The first-order valence-electron chi connectivity index (χ1n) is 8.62. The van der Waals surface area contributed by atoms with Gasteiger partial charge in [0, 0.05) is 6.42 Å². The van der Waals surface area contributed by atoms with Crippen LogP contribution in [0.1, 0.15) is 24.3 Å². The fraction of sp³-hybridized carbons (Fsp3) is 0.263. The van der Waals surface area contributed by atoms with Gasteiger partial charge in [-0.3, -0.25) is 9.52 Å². The third kappa shape index (κ3) is 5.77. The summed E-state index contributed by atoms with van der Waals surface area (Å²) >= 11 is 1.69. The number of hydrogen-bond acceptors (Lipinski definition) is 5. The van der Waals surface area contributed by atoms with E-state index in [4.69, 9.17) is 0 Å². The number of unbranched alkanes of at least 4 members (excludes halogenated alkanes) is 1. The number of nitrogens with one attached hydrogen (secondary N) is 2. The number of carbonyl (C=O) groups is 1.